The summed E-state index contributed by atoms with van der Waals surface area (Å²) in [7, 11) is -3.65. The van der Waals surface area contributed by atoms with E-state index in [4.69, 9.17) is 0 Å². The van der Waals surface area contributed by atoms with Crippen LogP contribution >= 0.6 is 0 Å². The van der Waals surface area contributed by atoms with Crippen LogP contribution in [0.4, 0.5) is 11.5 Å². The molecular formula is C21H25N7O3S. The molecule has 32 heavy (non-hydrogen) atoms. The quantitative estimate of drug-likeness (QED) is 0.623. The average Bonchev–Trinajstić information content (AvgIpc) is 3.28. The summed E-state index contributed by atoms with van der Waals surface area (Å²) in [5.74, 6) is 1.84. The summed E-state index contributed by atoms with van der Waals surface area (Å²) in [4.78, 5) is 22.5. The van der Waals surface area contributed by atoms with Gasteiger partial charge in [-0.1, -0.05) is 0 Å². The van der Waals surface area contributed by atoms with Gasteiger partial charge >= 0.3 is 0 Å². The molecule has 168 valence electrons. The minimum Gasteiger partial charge on any atom is -0.354 e. The van der Waals surface area contributed by atoms with Crippen molar-refractivity contribution >= 4 is 27.4 Å². The van der Waals surface area contributed by atoms with Gasteiger partial charge in [-0.15, -0.1) is 0 Å². The van der Waals surface area contributed by atoms with Crippen molar-refractivity contribution < 1.29 is 13.2 Å². The first-order valence-corrected chi connectivity index (χ1v) is 11.7. The van der Waals surface area contributed by atoms with Crippen molar-refractivity contribution in [3.63, 3.8) is 0 Å². The first-order valence-electron chi connectivity index (χ1n) is 10.2. The number of rotatable bonds is 5. The first kappa shape index (κ1) is 21.9. The Bertz CT molecular complexity index is 1230. The third kappa shape index (κ3) is 4.48. The fourth-order valence-corrected chi connectivity index (χ4v) is 5.36. The molecule has 0 aliphatic carbocycles. The normalized spacial score (nSPS) is 15.0. The first-order chi connectivity index (χ1) is 15.2. The number of sulfonamides is 1. The zero-order chi connectivity index (χ0) is 22.9. The Labute approximate surface area is 186 Å². The number of aromatic nitrogens is 4. The van der Waals surface area contributed by atoms with Crippen molar-refractivity contribution in [2.75, 3.05) is 36.4 Å². The minimum absolute atomic E-state index is 0.202. The highest BCUT2D eigenvalue weighted by Crippen LogP contribution is 2.25. The highest BCUT2D eigenvalue weighted by atomic mass is 32.2. The van der Waals surface area contributed by atoms with E-state index in [2.05, 4.69) is 25.3 Å². The number of amides is 1. The Hall–Kier alpha value is -3.31. The summed E-state index contributed by atoms with van der Waals surface area (Å²) in [6.45, 7) is 6.68. The van der Waals surface area contributed by atoms with Crippen LogP contribution in [0.1, 0.15) is 18.3 Å². The fraction of sp³-hybridized carbons (Fsp3) is 0.333. The van der Waals surface area contributed by atoms with E-state index in [1.165, 1.54) is 11.2 Å². The van der Waals surface area contributed by atoms with Gasteiger partial charge in [-0.05, 0) is 43.7 Å². The third-order valence-electron chi connectivity index (χ3n) is 5.23. The molecule has 10 nitrogen and oxygen atoms in total. The third-order valence-corrected chi connectivity index (χ3v) is 7.28. The number of nitrogens with zero attached hydrogens (tertiary/aromatic N) is 6. The van der Waals surface area contributed by atoms with Gasteiger partial charge in [-0.2, -0.15) is 9.40 Å². The van der Waals surface area contributed by atoms with Gasteiger partial charge in [-0.25, -0.2) is 23.1 Å². The lowest BCUT2D eigenvalue weighted by atomic mass is 10.2. The van der Waals surface area contributed by atoms with Gasteiger partial charge in [0.15, 0.2) is 5.82 Å². The maximum atomic E-state index is 13.2. The molecule has 11 heteroatoms. The van der Waals surface area contributed by atoms with Crippen molar-refractivity contribution in [1.29, 1.82) is 0 Å². The van der Waals surface area contributed by atoms with E-state index in [1.54, 1.807) is 36.0 Å². The molecule has 1 amide bonds. The molecular weight excluding hydrogens is 430 g/mol. The number of carbonyl (C=O) groups excluding carboxylic acids is 1. The molecule has 0 spiro atoms. The number of benzene rings is 1. The number of carbonyl (C=O) groups is 1. The molecule has 1 N–H and O–H groups in total. The van der Waals surface area contributed by atoms with Gasteiger partial charge in [0.25, 0.3) is 0 Å². The lowest BCUT2D eigenvalue weighted by Crippen LogP contribution is -2.49. The highest BCUT2D eigenvalue weighted by Gasteiger charge is 2.30. The molecule has 3 heterocycles. The zero-order valence-corrected chi connectivity index (χ0v) is 19.0. The molecule has 2 aromatic heterocycles. The summed E-state index contributed by atoms with van der Waals surface area (Å²) < 4.78 is 29.6. The average molecular weight is 456 g/mol. The molecule has 0 saturated carbocycles. The molecule has 0 unspecified atom stereocenters. The van der Waals surface area contributed by atoms with E-state index in [-0.39, 0.29) is 10.8 Å². The number of hydrogen-bond acceptors (Lipinski definition) is 7. The topological polar surface area (TPSA) is 113 Å². The highest BCUT2D eigenvalue weighted by molar-refractivity contribution is 7.89. The smallest absolute Gasteiger partial charge is 0.243 e. The molecule has 1 aliphatic heterocycles. The van der Waals surface area contributed by atoms with Gasteiger partial charge in [-0.3, -0.25) is 4.79 Å². The monoisotopic (exact) mass is 455 g/mol. The van der Waals surface area contributed by atoms with Crippen molar-refractivity contribution in [1.82, 2.24) is 24.1 Å². The van der Waals surface area contributed by atoms with E-state index < -0.39 is 10.0 Å². The predicted molar refractivity (Wildman–Crippen MR) is 120 cm³/mol. The van der Waals surface area contributed by atoms with E-state index in [1.807, 2.05) is 25.3 Å². The minimum atomic E-state index is -3.65. The second-order valence-electron chi connectivity index (χ2n) is 7.63. The standard InChI is InChI=1S/C21H25N7O3S/c1-15-13-18(25-17(3)29)5-6-19(15)32(30,31)27-11-9-26(10-12-27)20-14-21(24-16(2)23-20)28-8-4-7-22-28/h4-8,13-14H,9-12H2,1-3H3,(H,25,29). The van der Waals surface area contributed by atoms with E-state index in [0.29, 0.717) is 49.1 Å². The zero-order valence-electron chi connectivity index (χ0n) is 18.2. The maximum Gasteiger partial charge on any atom is 0.243 e. The Kier molecular flexibility index (Phi) is 5.94. The predicted octanol–water partition coefficient (Wildman–Crippen LogP) is 1.75. The van der Waals surface area contributed by atoms with Gasteiger partial charge < -0.3 is 10.2 Å². The van der Waals surface area contributed by atoms with Gasteiger partial charge in [0.1, 0.15) is 11.6 Å². The van der Waals surface area contributed by atoms with Crippen LogP contribution in [-0.4, -0.2) is 64.6 Å². The summed E-state index contributed by atoms with van der Waals surface area (Å²) >= 11 is 0. The summed E-state index contributed by atoms with van der Waals surface area (Å²) in [5, 5.41) is 6.89. The number of aryl methyl sites for hydroxylation is 2. The molecule has 3 aromatic rings. The Balaban J connectivity index is 1.50. The fourth-order valence-electron chi connectivity index (χ4n) is 3.74. The molecule has 1 aliphatic rings. The second-order valence-corrected chi connectivity index (χ2v) is 9.54. The van der Waals surface area contributed by atoms with Gasteiger partial charge in [0.2, 0.25) is 15.9 Å². The van der Waals surface area contributed by atoms with Gasteiger partial charge in [0.05, 0.1) is 4.90 Å². The van der Waals surface area contributed by atoms with Crippen LogP contribution < -0.4 is 10.2 Å². The molecule has 1 fully saturated rings. The number of hydrogen-bond donors (Lipinski definition) is 1. The van der Waals surface area contributed by atoms with E-state index >= 15 is 0 Å². The SMILES string of the molecule is CC(=O)Nc1ccc(S(=O)(=O)N2CCN(c3cc(-n4cccn4)nc(C)n3)CC2)c(C)c1. The Morgan fingerprint density at radius 2 is 1.75 bits per heavy atom. The number of piperazine rings is 1. The summed E-state index contributed by atoms with van der Waals surface area (Å²) in [6, 6.07) is 8.51. The van der Waals surface area contributed by atoms with Crippen LogP contribution in [0.25, 0.3) is 5.82 Å². The molecule has 0 radical (unpaired) electrons. The van der Waals surface area contributed by atoms with Crippen LogP contribution in [0.5, 0.6) is 0 Å². The lowest BCUT2D eigenvalue weighted by molar-refractivity contribution is -0.114. The van der Waals surface area contributed by atoms with Crippen LogP contribution in [0, 0.1) is 13.8 Å². The summed E-state index contributed by atoms with van der Waals surface area (Å²) in [5.41, 5.74) is 1.17. The second kappa shape index (κ2) is 8.67. The van der Waals surface area contributed by atoms with Crippen molar-refractivity contribution in [3.8, 4) is 5.82 Å². The molecule has 1 saturated heterocycles. The van der Waals surface area contributed by atoms with Crippen molar-refractivity contribution in [2.24, 2.45) is 0 Å². The Morgan fingerprint density at radius 1 is 1.03 bits per heavy atom. The lowest BCUT2D eigenvalue weighted by Gasteiger charge is -2.35. The van der Waals surface area contributed by atoms with Gasteiger partial charge in [0, 0.05) is 57.3 Å². The number of nitrogens with one attached hydrogen (secondary N) is 1. The van der Waals surface area contributed by atoms with Crippen LogP contribution in [-0.2, 0) is 14.8 Å². The van der Waals surface area contributed by atoms with E-state index in [0.717, 1.165) is 5.82 Å². The van der Waals surface area contributed by atoms with Crippen LogP contribution in [0.2, 0.25) is 0 Å². The molecule has 4 rings (SSSR count). The summed E-state index contributed by atoms with van der Waals surface area (Å²) in [6.07, 6.45) is 3.50. The van der Waals surface area contributed by atoms with Crippen LogP contribution in [0.15, 0.2) is 47.6 Å². The molecule has 0 bridgehead atoms. The van der Waals surface area contributed by atoms with Crippen molar-refractivity contribution in [3.05, 3.63) is 54.1 Å². The Morgan fingerprint density at radius 3 is 2.38 bits per heavy atom. The number of anilines is 2. The van der Waals surface area contributed by atoms with E-state index in [9.17, 15) is 13.2 Å². The molecule has 1 aromatic carbocycles. The largest absolute Gasteiger partial charge is 0.354 e. The maximum absolute atomic E-state index is 13.2. The van der Waals surface area contributed by atoms with Crippen molar-refractivity contribution in [2.45, 2.75) is 25.7 Å². The molecule has 0 atom stereocenters. The van der Waals surface area contributed by atoms with Crippen LogP contribution in [0.3, 0.4) is 0 Å².